The van der Waals surface area contributed by atoms with Gasteiger partial charge in [0.25, 0.3) is 0 Å². The Labute approximate surface area is 86.7 Å². The molecule has 0 aliphatic rings. The number of hydrogen-bond acceptors (Lipinski definition) is 2. The van der Waals surface area contributed by atoms with Crippen LogP contribution in [0.1, 0.15) is 13.3 Å². The highest BCUT2D eigenvalue weighted by Crippen LogP contribution is 2.17. The molecule has 1 aromatic rings. The highest BCUT2D eigenvalue weighted by Gasteiger charge is 1.97. The maximum Gasteiger partial charge on any atom is 0.120 e. The molecule has 0 heterocycles. The Balaban J connectivity index is 2.37. The minimum atomic E-state index is -0.299. The number of aliphatic hydroxyl groups is 1. The molecule has 0 aromatic heterocycles. The van der Waals surface area contributed by atoms with Crippen LogP contribution in [0, 0.1) is 0 Å². The summed E-state index contributed by atoms with van der Waals surface area (Å²) in [4.78, 5) is 0. The molecule has 2 nitrogen and oxygen atoms in total. The van der Waals surface area contributed by atoms with E-state index in [1.165, 1.54) is 0 Å². The van der Waals surface area contributed by atoms with Crippen LogP contribution in [0.15, 0.2) is 28.7 Å². The smallest absolute Gasteiger partial charge is 0.120 e. The van der Waals surface area contributed by atoms with Crippen LogP contribution in [0.25, 0.3) is 0 Å². The van der Waals surface area contributed by atoms with Gasteiger partial charge in [0.1, 0.15) is 5.75 Å². The van der Waals surface area contributed by atoms with Crippen LogP contribution in [-0.2, 0) is 0 Å². The number of halogens is 1. The van der Waals surface area contributed by atoms with E-state index in [1.54, 1.807) is 6.92 Å². The van der Waals surface area contributed by atoms with Crippen LogP contribution in [-0.4, -0.2) is 17.8 Å². The van der Waals surface area contributed by atoms with Crippen LogP contribution in [0.5, 0.6) is 5.75 Å². The second kappa shape index (κ2) is 5.25. The summed E-state index contributed by atoms with van der Waals surface area (Å²) >= 11 is 3.35. The molecule has 0 fully saturated rings. The Morgan fingerprint density at radius 2 is 2.31 bits per heavy atom. The van der Waals surface area contributed by atoms with Gasteiger partial charge in [0.15, 0.2) is 0 Å². The van der Waals surface area contributed by atoms with Crippen molar-refractivity contribution in [2.24, 2.45) is 0 Å². The third-order valence-corrected chi connectivity index (χ3v) is 2.09. The summed E-state index contributed by atoms with van der Waals surface area (Å²) in [6, 6.07) is 7.66. The quantitative estimate of drug-likeness (QED) is 0.883. The average Bonchev–Trinajstić information content (AvgIpc) is 2.03. The van der Waals surface area contributed by atoms with E-state index in [0.717, 1.165) is 10.2 Å². The zero-order chi connectivity index (χ0) is 9.68. The molecule has 13 heavy (non-hydrogen) atoms. The van der Waals surface area contributed by atoms with Crippen LogP contribution in [0.4, 0.5) is 0 Å². The van der Waals surface area contributed by atoms with Crippen molar-refractivity contribution < 1.29 is 9.84 Å². The number of ether oxygens (including phenoxy) is 1. The second-order valence-electron chi connectivity index (χ2n) is 2.94. The molecule has 0 radical (unpaired) electrons. The van der Waals surface area contributed by atoms with Gasteiger partial charge in [-0.2, -0.15) is 0 Å². The fraction of sp³-hybridized carbons (Fsp3) is 0.400. The van der Waals surface area contributed by atoms with E-state index in [1.807, 2.05) is 24.3 Å². The molecule has 1 N–H and O–H groups in total. The zero-order valence-electron chi connectivity index (χ0n) is 7.53. The first-order chi connectivity index (χ1) is 6.18. The molecule has 0 amide bonds. The summed E-state index contributed by atoms with van der Waals surface area (Å²) in [5.41, 5.74) is 0. The standard InChI is InChI=1S/C10H13BrO2/c1-8(12)5-6-13-10-4-2-3-9(11)7-10/h2-4,7-8,12H,5-6H2,1H3. The van der Waals surface area contributed by atoms with Crippen LogP contribution >= 0.6 is 15.9 Å². The van der Waals surface area contributed by atoms with Gasteiger partial charge < -0.3 is 9.84 Å². The van der Waals surface area contributed by atoms with Gasteiger partial charge in [-0.1, -0.05) is 22.0 Å². The summed E-state index contributed by atoms with van der Waals surface area (Å²) in [5, 5.41) is 9.00. The normalized spacial score (nSPS) is 12.5. The van der Waals surface area contributed by atoms with Gasteiger partial charge in [-0.05, 0) is 25.1 Å². The Morgan fingerprint density at radius 1 is 1.54 bits per heavy atom. The van der Waals surface area contributed by atoms with E-state index in [4.69, 9.17) is 9.84 Å². The molecule has 0 spiro atoms. The largest absolute Gasteiger partial charge is 0.493 e. The zero-order valence-corrected chi connectivity index (χ0v) is 9.12. The highest BCUT2D eigenvalue weighted by molar-refractivity contribution is 9.10. The molecular weight excluding hydrogens is 232 g/mol. The lowest BCUT2D eigenvalue weighted by Crippen LogP contribution is -2.07. The Kier molecular flexibility index (Phi) is 4.25. The summed E-state index contributed by atoms with van der Waals surface area (Å²) in [7, 11) is 0. The summed E-state index contributed by atoms with van der Waals surface area (Å²) in [5.74, 6) is 0.829. The minimum absolute atomic E-state index is 0.299. The molecule has 0 saturated carbocycles. The third-order valence-electron chi connectivity index (χ3n) is 1.60. The average molecular weight is 245 g/mol. The van der Waals surface area contributed by atoms with Crippen molar-refractivity contribution >= 4 is 15.9 Å². The van der Waals surface area contributed by atoms with Crippen molar-refractivity contribution in [2.75, 3.05) is 6.61 Å². The van der Waals surface area contributed by atoms with Crippen molar-refractivity contribution in [3.05, 3.63) is 28.7 Å². The molecule has 1 aromatic carbocycles. The van der Waals surface area contributed by atoms with E-state index >= 15 is 0 Å². The van der Waals surface area contributed by atoms with E-state index in [2.05, 4.69) is 15.9 Å². The predicted molar refractivity (Wildman–Crippen MR) is 55.9 cm³/mol. The fourth-order valence-electron chi connectivity index (χ4n) is 0.904. The minimum Gasteiger partial charge on any atom is -0.493 e. The maximum atomic E-state index is 9.00. The molecule has 0 aliphatic heterocycles. The molecule has 0 saturated heterocycles. The summed E-state index contributed by atoms with van der Waals surface area (Å²) in [6.45, 7) is 2.30. The van der Waals surface area contributed by atoms with Gasteiger partial charge in [0.2, 0.25) is 0 Å². The monoisotopic (exact) mass is 244 g/mol. The lowest BCUT2D eigenvalue weighted by molar-refractivity contribution is 0.155. The molecule has 0 bridgehead atoms. The summed E-state index contributed by atoms with van der Waals surface area (Å²) < 4.78 is 6.41. The lowest BCUT2D eigenvalue weighted by Gasteiger charge is -2.07. The molecular formula is C10H13BrO2. The first-order valence-electron chi connectivity index (χ1n) is 4.25. The fourth-order valence-corrected chi connectivity index (χ4v) is 1.28. The van der Waals surface area contributed by atoms with Crippen LogP contribution in [0.3, 0.4) is 0 Å². The van der Waals surface area contributed by atoms with Crippen molar-refractivity contribution in [1.82, 2.24) is 0 Å². The van der Waals surface area contributed by atoms with Crippen LogP contribution in [0.2, 0.25) is 0 Å². The SMILES string of the molecule is CC(O)CCOc1cccc(Br)c1. The van der Waals surface area contributed by atoms with Crippen molar-refractivity contribution in [1.29, 1.82) is 0 Å². The van der Waals surface area contributed by atoms with E-state index in [-0.39, 0.29) is 6.10 Å². The maximum absolute atomic E-state index is 9.00. The van der Waals surface area contributed by atoms with E-state index < -0.39 is 0 Å². The topological polar surface area (TPSA) is 29.5 Å². The second-order valence-corrected chi connectivity index (χ2v) is 3.86. The number of rotatable bonds is 4. The van der Waals surface area contributed by atoms with Gasteiger partial charge in [0, 0.05) is 10.9 Å². The predicted octanol–water partition coefficient (Wildman–Crippen LogP) is 2.60. The van der Waals surface area contributed by atoms with Crippen molar-refractivity contribution in [3.63, 3.8) is 0 Å². The van der Waals surface area contributed by atoms with Crippen molar-refractivity contribution in [2.45, 2.75) is 19.4 Å². The molecule has 3 heteroatoms. The highest BCUT2D eigenvalue weighted by atomic mass is 79.9. The Hall–Kier alpha value is -0.540. The number of aliphatic hydroxyl groups excluding tert-OH is 1. The first kappa shape index (κ1) is 10.5. The van der Waals surface area contributed by atoms with Crippen LogP contribution < -0.4 is 4.74 Å². The van der Waals surface area contributed by atoms with Gasteiger partial charge in [-0.3, -0.25) is 0 Å². The third kappa shape index (κ3) is 4.29. The molecule has 0 aliphatic carbocycles. The molecule has 1 rings (SSSR count). The first-order valence-corrected chi connectivity index (χ1v) is 5.04. The van der Waals surface area contributed by atoms with Gasteiger partial charge >= 0.3 is 0 Å². The van der Waals surface area contributed by atoms with E-state index in [9.17, 15) is 0 Å². The summed E-state index contributed by atoms with van der Waals surface area (Å²) in [6.07, 6.45) is 0.360. The number of benzene rings is 1. The van der Waals surface area contributed by atoms with Crippen molar-refractivity contribution in [3.8, 4) is 5.75 Å². The Morgan fingerprint density at radius 3 is 2.92 bits per heavy atom. The molecule has 72 valence electrons. The van der Waals surface area contributed by atoms with Gasteiger partial charge in [-0.15, -0.1) is 0 Å². The van der Waals surface area contributed by atoms with E-state index in [0.29, 0.717) is 13.0 Å². The lowest BCUT2D eigenvalue weighted by atomic mass is 10.3. The molecule has 1 atom stereocenters. The van der Waals surface area contributed by atoms with Gasteiger partial charge in [0.05, 0.1) is 12.7 Å². The molecule has 1 unspecified atom stereocenters. The number of hydrogen-bond donors (Lipinski definition) is 1. The Bertz CT molecular complexity index is 261. The van der Waals surface area contributed by atoms with Gasteiger partial charge in [-0.25, -0.2) is 0 Å².